The number of nitrogens with two attached hydrogens (primary N) is 1. The quantitative estimate of drug-likeness (QED) is 0.686. The van der Waals surface area contributed by atoms with Crippen molar-refractivity contribution in [2.24, 2.45) is 5.73 Å². The van der Waals surface area contributed by atoms with Crippen molar-refractivity contribution >= 4 is 17.5 Å². The minimum absolute atomic E-state index is 0.446. The summed E-state index contributed by atoms with van der Waals surface area (Å²) in [5.74, 6) is 0.533. The largest absolute Gasteiger partial charge is 0.353 e. The number of nitrogens with zero attached hydrogens (tertiary/aromatic N) is 2. The van der Waals surface area contributed by atoms with Crippen molar-refractivity contribution < 1.29 is 0 Å². The van der Waals surface area contributed by atoms with Gasteiger partial charge in [0.1, 0.15) is 5.15 Å². The second kappa shape index (κ2) is 4.23. The van der Waals surface area contributed by atoms with Gasteiger partial charge in [0, 0.05) is 18.8 Å². The van der Waals surface area contributed by atoms with E-state index >= 15 is 0 Å². The highest BCUT2D eigenvalue weighted by atomic mass is 35.5. The van der Waals surface area contributed by atoms with Gasteiger partial charge in [0.25, 0.3) is 0 Å². The molecule has 0 spiro atoms. The van der Waals surface area contributed by atoms with Crippen LogP contribution in [0.15, 0.2) is 6.07 Å². The number of nitrogens with one attached hydrogen (secondary N) is 1. The minimum Gasteiger partial charge on any atom is -0.353 e. The summed E-state index contributed by atoms with van der Waals surface area (Å²) in [5.41, 5.74) is 6.14. The van der Waals surface area contributed by atoms with Crippen LogP contribution in [-0.2, 0) is 0 Å². The van der Waals surface area contributed by atoms with Crippen LogP contribution in [0.4, 0.5) is 5.95 Å². The van der Waals surface area contributed by atoms with Gasteiger partial charge in [-0.15, -0.1) is 0 Å². The molecule has 0 radical (unpaired) electrons. The molecule has 0 aliphatic carbocycles. The Kier molecular flexibility index (Phi) is 3.25. The lowest BCUT2D eigenvalue weighted by molar-refractivity contribution is 0.980. The molecule has 0 saturated heterocycles. The number of anilines is 1. The monoisotopic (exact) mass is 186 g/mol. The summed E-state index contributed by atoms with van der Waals surface area (Å²) in [4.78, 5) is 8.07. The summed E-state index contributed by atoms with van der Waals surface area (Å²) in [7, 11) is 0. The van der Waals surface area contributed by atoms with Gasteiger partial charge >= 0.3 is 0 Å². The third-order valence-electron chi connectivity index (χ3n) is 1.25. The van der Waals surface area contributed by atoms with Gasteiger partial charge in [0.15, 0.2) is 0 Å². The molecule has 0 fully saturated rings. The van der Waals surface area contributed by atoms with Crippen molar-refractivity contribution in [2.75, 3.05) is 18.4 Å². The predicted octanol–water partition coefficient (Wildman–Crippen LogP) is 0.809. The molecule has 0 aliphatic rings. The molecule has 1 heterocycles. The zero-order valence-corrected chi connectivity index (χ0v) is 7.60. The van der Waals surface area contributed by atoms with Crippen molar-refractivity contribution in [1.29, 1.82) is 0 Å². The van der Waals surface area contributed by atoms with Gasteiger partial charge < -0.3 is 11.1 Å². The van der Waals surface area contributed by atoms with Gasteiger partial charge in [-0.3, -0.25) is 0 Å². The maximum atomic E-state index is 5.71. The lowest BCUT2D eigenvalue weighted by Gasteiger charge is -2.03. The molecule has 1 aromatic heterocycles. The molecule has 0 aromatic carbocycles. The van der Waals surface area contributed by atoms with Gasteiger partial charge in [-0.2, -0.15) is 0 Å². The molecule has 1 rings (SSSR count). The van der Waals surface area contributed by atoms with E-state index in [-0.39, 0.29) is 0 Å². The maximum Gasteiger partial charge on any atom is 0.224 e. The lowest BCUT2D eigenvalue weighted by atomic mass is 10.4. The number of rotatable bonds is 3. The van der Waals surface area contributed by atoms with Crippen molar-refractivity contribution in [2.45, 2.75) is 6.92 Å². The van der Waals surface area contributed by atoms with Gasteiger partial charge in [0.05, 0.1) is 0 Å². The predicted molar refractivity (Wildman–Crippen MR) is 49.3 cm³/mol. The molecular formula is C7H11ClN4. The Balaban J connectivity index is 2.72. The molecule has 3 N–H and O–H groups in total. The van der Waals surface area contributed by atoms with Crippen LogP contribution in [0.3, 0.4) is 0 Å². The normalized spacial score (nSPS) is 9.92. The summed E-state index contributed by atoms with van der Waals surface area (Å²) in [6, 6.07) is 1.70. The number of halogens is 1. The first kappa shape index (κ1) is 9.22. The van der Waals surface area contributed by atoms with Crippen molar-refractivity contribution in [3.8, 4) is 0 Å². The molecule has 0 unspecified atom stereocenters. The van der Waals surface area contributed by atoms with E-state index < -0.39 is 0 Å². The second-order valence-corrected chi connectivity index (χ2v) is 2.76. The van der Waals surface area contributed by atoms with Crippen LogP contribution >= 0.6 is 11.6 Å². The summed E-state index contributed by atoms with van der Waals surface area (Å²) in [5, 5.41) is 3.39. The Bertz CT molecular complexity index is 243. The van der Waals surface area contributed by atoms with E-state index in [0.717, 1.165) is 5.69 Å². The van der Waals surface area contributed by atoms with Crippen LogP contribution in [0, 0.1) is 6.92 Å². The Hall–Kier alpha value is -0.870. The average molecular weight is 187 g/mol. The first-order valence-electron chi connectivity index (χ1n) is 3.67. The fourth-order valence-corrected chi connectivity index (χ4v) is 1.03. The summed E-state index contributed by atoms with van der Waals surface area (Å²) in [6.45, 7) is 3.07. The summed E-state index contributed by atoms with van der Waals surface area (Å²) < 4.78 is 0. The van der Waals surface area contributed by atoms with Gasteiger partial charge in [-0.25, -0.2) is 9.97 Å². The van der Waals surface area contributed by atoms with Crippen LogP contribution < -0.4 is 11.1 Å². The molecule has 0 aliphatic heterocycles. The standard InChI is InChI=1S/C7H11ClN4/c1-5-4-6(8)12-7(11-5)10-3-2-9/h4H,2-3,9H2,1H3,(H,10,11,12). The number of hydrogen-bond acceptors (Lipinski definition) is 4. The first-order chi connectivity index (χ1) is 5.72. The third kappa shape index (κ3) is 2.64. The van der Waals surface area contributed by atoms with Crippen LogP contribution in [0.25, 0.3) is 0 Å². The van der Waals surface area contributed by atoms with E-state index in [1.54, 1.807) is 6.07 Å². The molecule has 4 nitrogen and oxygen atoms in total. The Morgan fingerprint density at radius 3 is 2.92 bits per heavy atom. The van der Waals surface area contributed by atoms with Crippen LogP contribution in [0.1, 0.15) is 5.69 Å². The molecule has 0 amide bonds. The van der Waals surface area contributed by atoms with Gasteiger partial charge in [-0.05, 0) is 13.0 Å². The molecule has 0 atom stereocenters. The number of aromatic nitrogens is 2. The van der Waals surface area contributed by atoms with Crippen LogP contribution in [0.5, 0.6) is 0 Å². The van der Waals surface area contributed by atoms with E-state index in [0.29, 0.717) is 24.2 Å². The number of aryl methyl sites for hydroxylation is 1. The molecule has 12 heavy (non-hydrogen) atoms. The molecule has 5 heteroatoms. The van der Waals surface area contributed by atoms with E-state index in [2.05, 4.69) is 15.3 Å². The highest BCUT2D eigenvalue weighted by molar-refractivity contribution is 6.29. The summed E-state index contributed by atoms with van der Waals surface area (Å²) in [6.07, 6.45) is 0. The van der Waals surface area contributed by atoms with Crippen LogP contribution in [0.2, 0.25) is 5.15 Å². The smallest absolute Gasteiger partial charge is 0.224 e. The first-order valence-corrected chi connectivity index (χ1v) is 4.05. The van der Waals surface area contributed by atoms with Crippen molar-refractivity contribution in [3.63, 3.8) is 0 Å². The Morgan fingerprint density at radius 1 is 1.58 bits per heavy atom. The van der Waals surface area contributed by atoms with Crippen LogP contribution in [-0.4, -0.2) is 23.1 Å². The Morgan fingerprint density at radius 2 is 2.33 bits per heavy atom. The fourth-order valence-electron chi connectivity index (χ4n) is 0.793. The topological polar surface area (TPSA) is 63.8 Å². The maximum absolute atomic E-state index is 5.71. The van der Waals surface area contributed by atoms with E-state index in [1.165, 1.54) is 0 Å². The molecular weight excluding hydrogens is 176 g/mol. The Labute approximate surface area is 76.2 Å². The van der Waals surface area contributed by atoms with E-state index in [1.807, 2.05) is 6.92 Å². The molecule has 0 bridgehead atoms. The molecule has 66 valence electrons. The fraction of sp³-hybridized carbons (Fsp3) is 0.429. The average Bonchev–Trinajstić information content (AvgIpc) is 1.99. The van der Waals surface area contributed by atoms with E-state index in [9.17, 15) is 0 Å². The molecule has 0 saturated carbocycles. The van der Waals surface area contributed by atoms with E-state index in [4.69, 9.17) is 17.3 Å². The lowest BCUT2D eigenvalue weighted by Crippen LogP contribution is -2.15. The highest BCUT2D eigenvalue weighted by Gasteiger charge is 1.97. The highest BCUT2D eigenvalue weighted by Crippen LogP contribution is 2.08. The zero-order valence-electron chi connectivity index (χ0n) is 6.84. The number of hydrogen-bond donors (Lipinski definition) is 2. The zero-order chi connectivity index (χ0) is 8.97. The SMILES string of the molecule is Cc1cc(Cl)nc(NCCN)n1. The van der Waals surface area contributed by atoms with Gasteiger partial charge in [-0.1, -0.05) is 11.6 Å². The van der Waals surface area contributed by atoms with Crippen molar-refractivity contribution in [3.05, 3.63) is 16.9 Å². The van der Waals surface area contributed by atoms with Crippen molar-refractivity contribution in [1.82, 2.24) is 9.97 Å². The van der Waals surface area contributed by atoms with Gasteiger partial charge in [0.2, 0.25) is 5.95 Å². The minimum atomic E-state index is 0.446. The summed E-state index contributed by atoms with van der Waals surface area (Å²) >= 11 is 5.71. The second-order valence-electron chi connectivity index (χ2n) is 2.37. The molecule has 1 aromatic rings. The third-order valence-corrected chi connectivity index (χ3v) is 1.44.